The molecule has 6 nitrogen and oxygen atoms in total. The summed E-state index contributed by atoms with van der Waals surface area (Å²) in [6, 6.07) is 7.58. The van der Waals surface area contributed by atoms with Crippen LogP contribution in [0, 0.1) is 6.92 Å². The van der Waals surface area contributed by atoms with Crippen molar-refractivity contribution < 1.29 is 35.5 Å². The number of hydrogen-bond donors (Lipinski definition) is 1. The highest BCUT2D eigenvalue weighted by Crippen LogP contribution is 2.35. The summed E-state index contributed by atoms with van der Waals surface area (Å²) < 4.78 is 78.2. The lowest BCUT2D eigenvalue weighted by molar-refractivity contribution is -0.138. The Morgan fingerprint density at radius 3 is 2.52 bits per heavy atom. The Morgan fingerprint density at radius 2 is 1.87 bits per heavy atom. The Hall–Kier alpha value is -2.85. The van der Waals surface area contributed by atoms with Gasteiger partial charge in [0.25, 0.3) is 0 Å². The molecule has 0 bridgehead atoms. The monoisotopic (exact) mass is 455 g/mol. The lowest BCUT2D eigenvalue weighted by Crippen LogP contribution is -2.28. The van der Waals surface area contributed by atoms with E-state index in [1.165, 1.54) is 43.3 Å². The first-order valence-electron chi connectivity index (χ1n) is 9.34. The topological polar surface area (TPSA) is 85.6 Å². The quantitative estimate of drug-likeness (QED) is 0.530. The lowest BCUT2D eigenvalue weighted by atomic mass is 10.0. The minimum Gasteiger partial charge on any atom is -0.460 e. The number of furan rings is 1. The van der Waals surface area contributed by atoms with Crippen molar-refractivity contribution in [2.75, 3.05) is 6.61 Å². The third-order valence-corrected chi connectivity index (χ3v) is 6.28. The van der Waals surface area contributed by atoms with Crippen LogP contribution in [0.4, 0.5) is 13.2 Å². The second-order valence-electron chi connectivity index (χ2n) is 6.86. The molecule has 0 saturated carbocycles. The van der Waals surface area contributed by atoms with E-state index in [0.717, 1.165) is 6.07 Å². The number of nitrogens with one attached hydrogen (secondary N) is 1. The van der Waals surface area contributed by atoms with E-state index >= 15 is 0 Å². The number of fused-ring (bicyclic) bond motifs is 1. The molecule has 1 heterocycles. The van der Waals surface area contributed by atoms with E-state index in [2.05, 4.69) is 4.72 Å². The molecule has 1 atom stereocenters. The molecule has 0 aliphatic heterocycles. The summed E-state index contributed by atoms with van der Waals surface area (Å²) in [6.45, 7) is 4.72. The van der Waals surface area contributed by atoms with Gasteiger partial charge in [-0.15, -0.1) is 0 Å². The predicted molar refractivity (Wildman–Crippen MR) is 107 cm³/mol. The molecule has 3 rings (SSSR count). The number of halogens is 3. The first-order chi connectivity index (χ1) is 14.5. The highest BCUT2D eigenvalue weighted by atomic mass is 32.2. The molecule has 1 unspecified atom stereocenters. The van der Waals surface area contributed by atoms with Crippen molar-refractivity contribution in [2.24, 2.45) is 0 Å². The average molecular weight is 455 g/mol. The van der Waals surface area contributed by atoms with E-state index in [1.54, 1.807) is 13.8 Å². The van der Waals surface area contributed by atoms with E-state index < -0.39 is 33.8 Å². The fourth-order valence-corrected chi connectivity index (χ4v) is 4.50. The molecule has 1 N–H and O–H groups in total. The summed E-state index contributed by atoms with van der Waals surface area (Å²) in [6.07, 6.45) is -4.62. The Bertz CT molecular complexity index is 1230. The van der Waals surface area contributed by atoms with Crippen molar-refractivity contribution in [3.05, 3.63) is 64.9 Å². The van der Waals surface area contributed by atoms with Gasteiger partial charge in [0.15, 0.2) is 0 Å². The standard InChI is InChI=1S/C21H20F3NO5S/c1-4-29-20(26)19-12(2)16-11-14(9-10-18(16)30-19)31(27,28)25-13(3)15-7-5-6-8-17(15)21(22,23)24/h5-11,13,25H,4H2,1-3H3. The van der Waals surface area contributed by atoms with Crippen molar-refractivity contribution in [1.82, 2.24) is 4.72 Å². The summed E-state index contributed by atoms with van der Waals surface area (Å²) in [5.74, 6) is -0.706. The van der Waals surface area contributed by atoms with Crippen LogP contribution in [0.3, 0.4) is 0 Å². The second kappa shape index (κ2) is 8.35. The zero-order valence-corrected chi connectivity index (χ0v) is 17.7. The molecule has 10 heteroatoms. The lowest BCUT2D eigenvalue weighted by Gasteiger charge is -2.19. The molecule has 0 radical (unpaired) electrons. The van der Waals surface area contributed by atoms with Crippen LogP contribution in [0.15, 0.2) is 51.8 Å². The van der Waals surface area contributed by atoms with Crippen molar-refractivity contribution in [3.8, 4) is 0 Å². The van der Waals surface area contributed by atoms with Crippen LogP contribution in [0.1, 0.15) is 47.1 Å². The Morgan fingerprint density at radius 1 is 1.19 bits per heavy atom. The van der Waals surface area contributed by atoms with Gasteiger partial charge in [-0.25, -0.2) is 17.9 Å². The van der Waals surface area contributed by atoms with Gasteiger partial charge in [0.1, 0.15) is 5.58 Å². The summed E-state index contributed by atoms with van der Waals surface area (Å²) in [5, 5.41) is 0.384. The van der Waals surface area contributed by atoms with Gasteiger partial charge in [-0.05, 0) is 50.6 Å². The third-order valence-electron chi connectivity index (χ3n) is 4.74. The molecule has 0 spiro atoms. The van der Waals surface area contributed by atoms with Gasteiger partial charge in [-0.3, -0.25) is 0 Å². The van der Waals surface area contributed by atoms with Crippen LogP contribution in [-0.2, 0) is 20.9 Å². The van der Waals surface area contributed by atoms with E-state index in [-0.39, 0.29) is 28.4 Å². The maximum absolute atomic E-state index is 13.3. The van der Waals surface area contributed by atoms with Gasteiger partial charge in [-0.2, -0.15) is 13.2 Å². The van der Waals surface area contributed by atoms with Crippen LogP contribution in [0.5, 0.6) is 0 Å². The van der Waals surface area contributed by atoms with Crippen molar-refractivity contribution in [2.45, 2.75) is 37.9 Å². The Kier molecular flexibility index (Phi) is 6.15. The zero-order chi connectivity index (χ0) is 23.0. The Balaban J connectivity index is 1.96. The minimum atomic E-state index is -4.62. The molecule has 3 aromatic rings. The average Bonchev–Trinajstić information content (AvgIpc) is 3.03. The molecule has 0 fully saturated rings. The molecule has 2 aromatic carbocycles. The van der Waals surface area contributed by atoms with Crippen LogP contribution < -0.4 is 4.72 Å². The highest BCUT2D eigenvalue weighted by molar-refractivity contribution is 7.89. The number of ether oxygens (including phenoxy) is 1. The Labute approximate surface area is 177 Å². The SMILES string of the molecule is CCOC(=O)c1oc2ccc(S(=O)(=O)NC(C)c3ccccc3C(F)(F)F)cc2c1C. The first kappa shape index (κ1) is 22.8. The fraction of sp³-hybridized carbons (Fsp3) is 0.286. The summed E-state index contributed by atoms with van der Waals surface area (Å²) >= 11 is 0. The van der Waals surface area contributed by atoms with Gasteiger partial charge < -0.3 is 9.15 Å². The van der Waals surface area contributed by atoms with Gasteiger partial charge in [0, 0.05) is 17.0 Å². The number of benzene rings is 2. The molecular formula is C21H20F3NO5S. The molecular weight excluding hydrogens is 435 g/mol. The van der Waals surface area contributed by atoms with E-state index in [1.807, 2.05) is 0 Å². The predicted octanol–water partition coefficient (Wildman–Crippen LogP) is 4.98. The van der Waals surface area contributed by atoms with Crippen LogP contribution >= 0.6 is 0 Å². The van der Waals surface area contributed by atoms with Crippen LogP contribution in [0.2, 0.25) is 0 Å². The summed E-state index contributed by atoms with van der Waals surface area (Å²) in [5.41, 5.74) is -0.412. The van der Waals surface area contributed by atoms with Crippen LogP contribution in [-0.4, -0.2) is 21.0 Å². The molecule has 0 saturated heterocycles. The van der Waals surface area contributed by atoms with E-state index in [4.69, 9.17) is 9.15 Å². The number of aryl methyl sites for hydroxylation is 1. The maximum atomic E-state index is 13.3. The molecule has 0 aliphatic carbocycles. The van der Waals surface area contributed by atoms with Gasteiger partial charge in [0.2, 0.25) is 15.8 Å². The minimum absolute atomic E-state index is 0.0353. The van der Waals surface area contributed by atoms with Gasteiger partial charge >= 0.3 is 12.1 Å². The fourth-order valence-electron chi connectivity index (χ4n) is 3.26. The van der Waals surface area contributed by atoms with Crippen molar-refractivity contribution in [3.63, 3.8) is 0 Å². The summed E-state index contributed by atoms with van der Waals surface area (Å²) in [4.78, 5) is 11.8. The molecule has 0 amide bonds. The van der Waals surface area contributed by atoms with E-state index in [9.17, 15) is 26.4 Å². The molecule has 166 valence electrons. The van der Waals surface area contributed by atoms with Gasteiger partial charge in [-0.1, -0.05) is 18.2 Å². The number of alkyl halides is 3. The van der Waals surface area contributed by atoms with Crippen molar-refractivity contribution >= 4 is 27.0 Å². The number of carbonyl (C=O) groups is 1. The number of hydrogen-bond acceptors (Lipinski definition) is 5. The molecule has 0 aliphatic rings. The molecule has 31 heavy (non-hydrogen) atoms. The maximum Gasteiger partial charge on any atom is 0.416 e. The summed E-state index contributed by atoms with van der Waals surface area (Å²) in [7, 11) is -4.17. The van der Waals surface area contributed by atoms with Crippen LogP contribution in [0.25, 0.3) is 11.0 Å². The number of carbonyl (C=O) groups excluding carboxylic acids is 1. The zero-order valence-electron chi connectivity index (χ0n) is 16.9. The first-order valence-corrected chi connectivity index (χ1v) is 10.8. The third kappa shape index (κ3) is 4.59. The highest BCUT2D eigenvalue weighted by Gasteiger charge is 2.35. The molecule has 1 aromatic heterocycles. The number of esters is 1. The van der Waals surface area contributed by atoms with Crippen molar-refractivity contribution in [1.29, 1.82) is 0 Å². The smallest absolute Gasteiger partial charge is 0.416 e. The normalized spacial score (nSPS) is 13.4. The van der Waals surface area contributed by atoms with Gasteiger partial charge in [0.05, 0.1) is 17.1 Å². The number of rotatable bonds is 6. The largest absolute Gasteiger partial charge is 0.460 e. The second-order valence-corrected chi connectivity index (χ2v) is 8.58. The number of sulfonamides is 1. The van der Waals surface area contributed by atoms with E-state index in [0.29, 0.717) is 10.9 Å².